The lowest BCUT2D eigenvalue weighted by Crippen LogP contribution is -2.15. The van der Waals surface area contributed by atoms with Crippen molar-refractivity contribution in [2.75, 3.05) is 27.6 Å². The fourth-order valence-electron chi connectivity index (χ4n) is 1.46. The minimum atomic E-state index is 0.244. The van der Waals surface area contributed by atoms with Crippen molar-refractivity contribution in [1.29, 1.82) is 0 Å². The minimum absolute atomic E-state index is 0.244. The van der Waals surface area contributed by atoms with E-state index >= 15 is 0 Å². The van der Waals surface area contributed by atoms with Crippen molar-refractivity contribution in [3.05, 3.63) is 23.8 Å². The topological polar surface area (TPSA) is 39.7 Å². The van der Waals surface area contributed by atoms with Gasteiger partial charge in [0.05, 0.1) is 7.11 Å². The molecule has 0 bridgehead atoms. The first kappa shape index (κ1) is 13.8. The fourth-order valence-corrected chi connectivity index (χ4v) is 1.46. The molecule has 0 saturated carbocycles. The van der Waals surface area contributed by atoms with Gasteiger partial charge in [-0.05, 0) is 19.0 Å². The third-order valence-electron chi connectivity index (χ3n) is 2.35. The van der Waals surface area contributed by atoms with Crippen molar-refractivity contribution in [3.63, 3.8) is 0 Å². The second-order valence-electron chi connectivity index (χ2n) is 3.70. The summed E-state index contributed by atoms with van der Waals surface area (Å²) >= 11 is 0. The van der Waals surface area contributed by atoms with Gasteiger partial charge in [-0.2, -0.15) is 0 Å². The van der Waals surface area contributed by atoms with Gasteiger partial charge in [-0.25, -0.2) is 0 Å². The molecule has 0 spiro atoms. The van der Waals surface area contributed by atoms with Crippen LogP contribution < -0.4 is 14.8 Å². The van der Waals surface area contributed by atoms with Crippen LogP contribution in [0.1, 0.15) is 18.9 Å². The highest BCUT2D eigenvalue weighted by atomic mass is 16.7. The molecule has 4 heteroatoms. The third-order valence-corrected chi connectivity index (χ3v) is 2.35. The van der Waals surface area contributed by atoms with E-state index in [9.17, 15) is 0 Å². The molecule has 4 nitrogen and oxygen atoms in total. The van der Waals surface area contributed by atoms with Gasteiger partial charge in [0.15, 0.2) is 6.79 Å². The van der Waals surface area contributed by atoms with E-state index in [-0.39, 0.29) is 6.79 Å². The summed E-state index contributed by atoms with van der Waals surface area (Å²) < 4.78 is 15.6. The van der Waals surface area contributed by atoms with Crippen molar-refractivity contribution in [1.82, 2.24) is 5.32 Å². The van der Waals surface area contributed by atoms with Crippen LogP contribution in [-0.4, -0.2) is 27.6 Å². The maximum Gasteiger partial charge on any atom is 0.188 e. The van der Waals surface area contributed by atoms with Crippen LogP contribution in [0.15, 0.2) is 18.2 Å². The normalized spacial score (nSPS) is 10.3. The first-order valence-electron chi connectivity index (χ1n) is 5.81. The molecule has 0 amide bonds. The largest absolute Gasteiger partial charge is 0.497 e. The van der Waals surface area contributed by atoms with Crippen LogP contribution >= 0.6 is 0 Å². The average molecular weight is 239 g/mol. The zero-order chi connectivity index (χ0) is 12.5. The molecule has 0 atom stereocenters. The number of nitrogens with one attached hydrogen (secondary N) is 1. The maximum absolute atomic E-state index is 5.52. The molecule has 1 rings (SSSR count). The molecule has 0 aliphatic heterocycles. The van der Waals surface area contributed by atoms with Gasteiger partial charge in [0.25, 0.3) is 0 Å². The molecule has 0 fully saturated rings. The van der Waals surface area contributed by atoms with E-state index in [0.29, 0.717) is 0 Å². The second kappa shape index (κ2) is 7.92. The van der Waals surface area contributed by atoms with Crippen LogP contribution in [0.25, 0.3) is 0 Å². The van der Waals surface area contributed by atoms with E-state index in [1.54, 1.807) is 14.2 Å². The zero-order valence-electron chi connectivity index (χ0n) is 10.8. The Kier molecular flexibility index (Phi) is 6.43. The fraction of sp³-hybridized carbons (Fsp3) is 0.538. The summed E-state index contributed by atoms with van der Waals surface area (Å²) in [5, 5.41) is 3.34. The predicted molar refractivity (Wildman–Crippen MR) is 67.5 cm³/mol. The number of ether oxygens (including phenoxy) is 3. The van der Waals surface area contributed by atoms with E-state index in [0.717, 1.165) is 36.6 Å². The summed E-state index contributed by atoms with van der Waals surface area (Å²) in [6.07, 6.45) is 1.12. The summed E-state index contributed by atoms with van der Waals surface area (Å²) in [7, 11) is 3.25. The molecule has 0 saturated heterocycles. The van der Waals surface area contributed by atoms with Crippen molar-refractivity contribution in [2.24, 2.45) is 0 Å². The molecule has 0 heterocycles. The monoisotopic (exact) mass is 239 g/mol. The van der Waals surface area contributed by atoms with Crippen LogP contribution in [0, 0.1) is 0 Å². The average Bonchev–Trinajstić information content (AvgIpc) is 2.37. The van der Waals surface area contributed by atoms with Crippen LogP contribution in [-0.2, 0) is 11.3 Å². The highest BCUT2D eigenvalue weighted by molar-refractivity contribution is 5.40. The molecule has 0 radical (unpaired) electrons. The van der Waals surface area contributed by atoms with Gasteiger partial charge in [-0.3, -0.25) is 0 Å². The molecule has 1 aromatic carbocycles. The first-order chi connectivity index (χ1) is 8.31. The van der Waals surface area contributed by atoms with E-state index < -0.39 is 0 Å². The molecule has 17 heavy (non-hydrogen) atoms. The number of hydrogen-bond acceptors (Lipinski definition) is 4. The molecule has 0 aliphatic carbocycles. The Bertz CT molecular complexity index is 328. The summed E-state index contributed by atoms with van der Waals surface area (Å²) in [6, 6.07) is 5.82. The molecule has 0 unspecified atom stereocenters. The van der Waals surface area contributed by atoms with E-state index in [4.69, 9.17) is 14.2 Å². The van der Waals surface area contributed by atoms with Crippen molar-refractivity contribution >= 4 is 0 Å². The van der Waals surface area contributed by atoms with Gasteiger partial charge in [-0.15, -0.1) is 0 Å². The van der Waals surface area contributed by atoms with Gasteiger partial charge in [0.2, 0.25) is 0 Å². The first-order valence-corrected chi connectivity index (χ1v) is 5.81. The molecule has 0 aromatic heterocycles. The van der Waals surface area contributed by atoms with Gasteiger partial charge in [-0.1, -0.05) is 13.0 Å². The quantitative estimate of drug-likeness (QED) is 0.557. The Morgan fingerprint density at radius 2 is 2.06 bits per heavy atom. The summed E-state index contributed by atoms with van der Waals surface area (Å²) in [4.78, 5) is 0. The Morgan fingerprint density at radius 3 is 2.71 bits per heavy atom. The number of hydrogen-bond donors (Lipinski definition) is 1. The van der Waals surface area contributed by atoms with E-state index in [1.807, 2.05) is 18.2 Å². The van der Waals surface area contributed by atoms with Crippen molar-refractivity contribution in [3.8, 4) is 11.5 Å². The molecule has 1 N–H and O–H groups in total. The molecule has 1 aromatic rings. The van der Waals surface area contributed by atoms with Crippen molar-refractivity contribution in [2.45, 2.75) is 19.9 Å². The zero-order valence-corrected chi connectivity index (χ0v) is 10.8. The SMILES string of the molecule is CCCNCc1ccc(OC)cc1OCOC. The molecular weight excluding hydrogens is 218 g/mol. The lowest BCUT2D eigenvalue weighted by atomic mass is 10.2. The minimum Gasteiger partial charge on any atom is -0.497 e. The van der Waals surface area contributed by atoms with E-state index in [1.165, 1.54) is 0 Å². The van der Waals surface area contributed by atoms with Gasteiger partial charge >= 0.3 is 0 Å². The summed E-state index contributed by atoms with van der Waals surface area (Å²) in [5.74, 6) is 1.59. The lowest BCUT2D eigenvalue weighted by molar-refractivity contribution is 0.0502. The highest BCUT2D eigenvalue weighted by Gasteiger charge is 2.05. The van der Waals surface area contributed by atoms with Gasteiger partial charge < -0.3 is 19.5 Å². The van der Waals surface area contributed by atoms with Gasteiger partial charge in [0.1, 0.15) is 11.5 Å². The number of benzene rings is 1. The van der Waals surface area contributed by atoms with Crippen LogP contribution in [0.5, 0.6) is 11.5 Å². The molecule has 96 valence electrons. The van der Waals surface area contributed by atoms with Crippen molar-refractivity contribution < 1.29 is 14.2 Å². The Morgan fingerprint density at radius 1 is 1.24 bits per heavy atom. The predicted octanol–water partition coefficient (Wildman–Crippen LogP) is 2.18. The summed E-state index contributed by atoms with van der Waals surface area (Å²) in [6.45, 7) is 4.17. The smallest absolute Gasteiger partial charge is 0.188 e. The standard InChI is InChI=1S/C13H21NO3/c1-4-7-14-9-11-5-6-12(16-3)8-13(11)17-10-15-2/h5-6,8,14H,4,7,9-10H2,1-3H3. The van der Waals surface area contributed by atoms with Gasteiger partial charge in [0, 0.05) is 25.3 Å². The maximum atomic E-state index is 5.52. The highest BCUT2D eigenvalue weighted by Crippen LogP contribution is 2.24. The number of rotatable bonds is 8. The lowest BCUT2D eigenvalue weighted by Gasteiger charge is -2.12. The molecular formula is C13H21NO3. The Hall–Kier alpha value is -1.26. The molecule has 0 aliphatic rings. The Balaban J connectivity index is 2.71. The second-order valence-corrected chi connectivity index (χ2v) is 3.70. The van der Waals surface area contributed by atoms with Crippen LogP contribution in [0.3, 0.4) is 0 Å². The van der Waals surface area contributed by atoms with E-state index in [2.05, 4.69) is 12.2 Å². The number of methoxy groups -OCH3 is 2. The van der Waals surface area contributed by atoms with Crippen LogP contribution in [0.2, 0.25) is 0 Å². The van der Waals surface area contributed by atoms with Crippen LogP contribution in [0.4, 0.5) is 0 Å². The Labute approximate surface area is 103 Å². The summed E-state index contributed by atoms with van der Waals surface area (Å²) in [5.41, 5.74) is 1.11. The third kappa shape index (κ3) is 4.63.